The Balaban J connectivity index is 1.33. The number of carbonyl (C=O) groups is 1. The predicted molar refractivity (Wildman–Crippen MR) is 94.1 cm³/mol. The van der Waals surface area contributed by atoms with Crippen molar-refractivity contribution >= 4 is 11.6 Å². The molecule has 0 bridgehead atoms. The molecule has 25 heavy (non-hydrogen) atoms. The van der Waals surface area contributed by atoms with E-state index in [-0.39, 0.29) is 29.3 Å². The third-order valence-electron chi connectivity index (χ3n) is 5.21. The third kappa shape index (κ3) is 3.31. The lowest BCUT2D eigenvalue weighted by atomic mass is 10.1. The number of nitrogens with zero attached hydrogens (tertiary/aromatic N) is 2. The van der Waals surface area contributed by atoms with E-state index in [1.54, 1.807) is 24.3 Å². The molecule has 1 aliphatic heterocycles. The van der Waals surface area contributed by atoms with E-state index in [1.165, 1.54) is 12.1 Å². The van der Waals surface area contributed by atoms with E-state index in [2.05, 4.69) is 4.90 Å². The van der Waals surface area contributed by atoms with Crippen LogP contribution in [0, 0.1) is 11.7 Å². The molecule has 0 aromatic heterocycles. The zero-order valence-electron chi connectivity index (χ0n) is 13.9. The van der Waals surface area contributed by atoms with Crippen LogP contribution in [0.3, 0.4) is 0 Å². The average Bonchev–Trinajstić information content (AvgIpc) is 3.43. The van der Waals surface area contributed by atoms with Gasteiger partial charge in [0.05, 0.1) is 0 Å². The van der Waals surface area contributed by atoms with Crippen LogP contribution in [0.5, 0.6) is 5.75 Å². The number of phenols is 1. The van der Waals surface area contributed by atoms with Crippen LogP contribution in [0.2, 0.25) is 0 Å². The quantitative estimate of drug-likeness (QED) is 0.934. The van der Waals surface area contributed by atoms with Crippen LogP contribution < -0.4 is 4.90 Å². The molecule has 1 saturated carbocycles. The fraction of sp³-hybridized carbons (Fsp3) is 0.350. The number of hydrogen-bond donors (Lipinski definition) is 1. The number of phenolic OH excluding ortho intramolecular Hbond substituents is 1. The summed E-state index contributed by atoms with van der Waals surface area (Å²) in [6.45, 7) is 2.95. The Labute approximate surface area is 146 Å². The van der Waals surface area contributed by atoms with Gasteiger partial charge in [-0.1, -0.05) is 12.1 Å². The van der Waals surface area contributed by atoms with Gasteiger partial charge in [0.1, 0.15) is 11.6 Å². The van der Waals surface area contributed by atoms with E-state index in [0.717, 1.165) is 30.8 Å². The van der Waals surface area contributed by atoms with Crippen LogP contribution in [-0.4, -0.2) is 42.1 Å². The first-order valence-corrected chi connectivity index (χ1v) is 8.70. The number of piperazine rings is 1. The number of halogens is 1. The van der Waals surface area contributed by atoms with Gasteiger partial charge in [-0.15, -0.1) is 0 Å². The number of rotatable bonds is 3. The minimum Gasteiger partial charge on any atom is -0.508 e. The fourth-order valence-corrected chi connectivity index (χ4v) is 3.63. The lowest BCUT2D eigenvalue weighted by Gasteiger charge is -2.36. The Morgan fingerprint density at radius 1 is 0.960 bits per heavy atom. The number of amides is 1. The maximum absolute atomic E-state index is 13.0. The zero-order chi connectivity index (χ0) is 17.4. The Morgan fingerprint density at radius 2 is 1.60 bits per heavy atom. The molecule has 0 spiro atoms. The van der Waals surface area contributed by atoms with E-state index >= 15 is 0 Å². The summed E-state index contributed by atoms with van der Waals surface area (Å²) in [7, 11) is 0. The molecule has 1 aliphatic carbocycles. The van der Waals surface area contributed by atoms with Crippen molar-refractivity contribution in [1.29, 1.82) is 0 Å². The second-order valence-corrected chi connectivity index (χ2v) is 6.83. The van der Waals surface area contributed by atoms with Gasteiger partial charge in [-0.2, -0.15) is 0 Å². The van der Waals surface area contributed by atoms with Crippen LogP contribution in [0.15, 0.2) is 48.5 Å². The molecule has 2 fully saturated rings. The summed E-state index contributed by atoms with van der Waals surface area (Å²) in [5.74, 6) is 0.609. The van der Waals surface area contributed by atoms with E-state index in [4.69, 9.17) is 0 Å². The van der Waals surface area contributed by atoms with E-state index in [0.29, 0.717) is 13.1 Å². The minimum absolute atomic E-state index is 0.0712. The number of hydrogen-bond acceptors (Lipinski definition) is 3. The average molecular weight is 340 g/mol. The molecule has 4 rings (SSSR count). The summed E-state index contributed by atoms with van der Waals surface area (Å²) in [4.78, 5) is 16.8. The van der Waals surface area contributed by atoms with Crippen LogP contribution in [-0.2, 0) is 4.79 Å². The standard InChI is InChI=1S/C20H21FN2O2/c21-15-3-5-16(6-4-15)22-9-11-23(12-10-22)20(25)19-13-18(19)14-1-7-17(24)8-2-14/h1-8,18-19,24H,9-13H2. The summed E-state index contributed by atoms with van der Waals surface area (Å²) in [6.07, 6.45) is 0.891. The second-order valence-electron chi connectivity index (χ2n) is 6.83. The SMILES string of the molecule is O=C(C1CC1c1ccc(O)cc1)N1CCN(c2ccc(F)cc2)CC1. The van der Waals surface area contributed by atoms with Gasteiger partial charge in [0.25, 0.3) is 0 Å². The molecule has 2 aromatic carbocycles. The fourth-order valence-electron chi connectivity index (χ4n) is 3.63. The van der Waals surface area contributed by atoms with Crippen molar-refractivity contribution in [1.82, 2.24) is 4.90 Å². The van der Waals surface area contributed by atoms with Gasteiger partial charge in [-0.25, -0.2) is 4.39 Å². The van der Waals surface area contributed by atoms with Crippen LogP contribution in [0.1, 0.15) is 17.9 Å². The Morgan fingerprint density at radius 3 is 2.24 bits per heavy atom. The van der Waals surface area contributed by atoms with Crippen LogP contribution >= 0.6 is 0 Å². The molecular weight excluding hydrogens is 319 g/mol. The summed E-state index contributed by atoms with van der Waals surface area (Å²) in [5.41, 5.74) is 2.13. The molecule has 5 heteroatoms. The normalized spacial score (nSPS) is 22.8. The molecule has 1 saturated heterocycles. The number of benzene rings is 2. The molecule has 1 N–H and O–H groups in total. The van der Waals surface area contributed by atoms with Crippen molar-refractivity contribution < 1.29 is 14.3 Å². The predicted octanol–water partition coefficient (Wildman–Crippen LogP) is 2.98. The van der Waals surface area contributed by atoms with Crippen molar-refractivity contribution in [3.63, 3.8) is 0 Å². The number of aromatic hydroxyl groups is 1. The number of anilines is 1. The Kier molecular flexibility index (Phi) is 4.07. The summed E-state index contributed by atoms with van der Waals surface area (Å²) in [6, 6.07) is 13.7. The molecule has 2 aliphatic rings. The van der Waals surface area contributed by atoms with Crippen molar-refractivity contribution in [2.75, 3.05) is 31.1 Å². The molecule has 0 radical (unpaired) electrons. The van der Waals surface area contributed by atoms with Crippen molar-refractivity contribution in [2.24, 2.45) is 5.92 Å². The first kappa shape index (κ1) is 15.9. The Hall–Kier alpha value is -2.56. The maximum atomic E-state index is 13.0. The first-order valence-electron chi connectivity index (χ1n) is 8.70. The Bertz CT molecular complexity index is 752. The molecule has 2 unspecified atom stereocenters. The van der Waals surface area contributed by atoms with Crippen molar-refractivity contribution in [2.45, 2.75) is 12.3 Å². The van der Waals surface area contributed by atoms with E-state index in [9.17, 15) is 14.3 Å². The zero-order valence-corrected chi connectivity index (χ0v) is 13.9. The molecule has 1 heterocycles. The highest BCUT2D eigenvalue weighted by Crippen LogP contribution is 2.48. The molecule has 1 amide bonds. The largest absolute Gasteiger partial charge is 0.508 e. The minimum atomic E-state index is -0.230. The first-order chi connectivity index (χ1) is 12.1. The van der Waals surface area contributed by atoms with Crippen LogP contribution in [0.25, 0.3) is 0 Å². The van der Waals surface area contributed by atoms with Gasteiger partial charge >= 0.3 is 0 Å². The summed E-state index contributed by atoms with van der Waals surface area (Å²) >= 11 is 0. The van der Waals surface area contributed by atoms with Gasteiger partial charge < -0.3 is 14.9 Å². The van der Waals surface area contributed by atoms with Gasteiger partial charge in [-0.05, 0) is 54.3 Å². The molecule has 130 valence electrons. The van der Waals surface area contributed by atoms with Crippen LogP contribution in [0.4, 0.5) is 10.1 Å². The molecule has 2 atom stereocenters. The molecule has 4 nitrogen and oxygen atoms in total. The van der Waals surface area contributed by atoms with E-state index in [1.807, 2.05) is 17.0 Å². The van der Waals surface area contributed by atoms with Gasteiger partial charge in [0, 0.05) is 37.8 Å². The second kappa shape index (κ2) is 6.39. The summed E-state index contributed by atoms with van der Waals surface area (Å²) in [5, 5.41) is 9.37. The monoisotopic (exact) mass is 340 g/mol. The summed E-state index contributed by atoms with van der Waals surface area (Å²) < 4.78 is 13.0. The number of carbonyl (C=O) groups excluding carboxylic acids is 1. The third-order valence-corrected chi connectivity index (χ3v) is 5.21. The van der Waals surface area contributed by atoms with Gasteiger partial charge in [-0.3, -0.25) is 4.79 Å². The van der Waals surface area contributed by atoms with Crippen molar-refractivity contribution in [3.05, 3.63) is 59.9 Å². The molecule has 2 aromatic rings. The van der Waals surface area contributed by atoms with Gasteiger partial charge in [0.15, 0.2) is 0 Å². The highest BCUT2D eigenvalue weighted by Gasteiger charge is 2.46. The molecular formula is C20H21FN2O2. The topological polar surface area (TPSA) is 43.8 Å². The van der Waals surface area contributed by atoms with Gasteiger partial charge in [0.2, 0.25) is 5.91 Å². The van der Waals surface area contributed by atoms with E-state index < -0.39 is 0 Å². The van der Waals surface area contributed by atoms with Crippen molar-refractivity contribution in [3.8, 4) is 5.75 Å². The smallest absolute Gasteiger partial charge is 0.226 e. The highest BCUT2D eigenvalue weighted by atomic mass is 19.1. The highest BCUT2D eigenvalue weighted by molar-refractivity contribution is 5.83. The maximum Gasteiger partial charge on any atom is 0.226 e. The lowest BCUT2D eigenvalue weighted by molar-refractivity contribution is -0.132. The lowest BCUT2D eigenvalue weighted by Crippen LogP contribution is -2.49.